The van der Waals surface area contributed by atoms with Crippen LogP contribution in [0.25, 0.3) is 0 Å². The lowest BCUT2D eigenvalue weighted by Gasteiger charge is -2.15. The van der Waals surface area contributed by atoms with Gasteiger partial charge in [0.1, 0.15) is 12.0 Å². The summed E-state index contributed by atoms with van der Waals surface area (Å²) in [5.41, 5.74) is 6.39. The smallest absolute Gasteiger partial charge is 0.191 e. The van der Waals surface area contributed by atoms with Crippen LogP contribution >= 0.6 is 24.0 Å². The van der Waals surface area contributed by atoms with Gasteiger partial charge in [0, 0.05) is 20.2 Å². The molecule has 0 aliphatic carbocycles. The highest BCUT2D eigenvalue weighted by atomic mass is 127. The fourth-order valence-electron chi connectivity index (χ4n) is 0.814. The standard InChI is InChI=1S/C7H12N4O.HI/c1-9-7(8)11(2)5-6-3-4-12-10-6;/h3-4H,5H2,1-2H3,(H2,8,9);1H. The predicted octanol–water partition coefficient (Wildman–Crippen LogP) is 0.669. The summed E-state index contributed by atoms with van der Waals surface area (Å²) in [4.78, 5) is 5.62. The minimum atomic E-state index is 0. The second-order valence-corrected chi connectivity index (χ2v) is 2.43. The van der Waals surface area contributed by atoms with Gasteiger partial charge in [-0.3, -0.25) is 4.99 Å². The lowest BCUT2D eigenvalue weighted by atomic mass is 10.4. The van der Waals surface area contributed by atoms with Gasteiger partial charge in [-0.25, -0.2) is 0 Å². The third-order valence-corrected chi connectivity index (χ3v) is 1.51. The number of nitrogens with two attached hydrogens (primary N) is 1. The Morgan fingerprint density at radius 2 is 2.46 bits per heavy atom. The van der Waals surface area contributed by atoms with Gasteiger partial charge >= 0.3 is 0 Å². The molecular formula is C7H13IN4O. The summed E-state index contributed by atoms with van der Waals surface area (Å²) in [6, 6.07) is 1.79. The maximum absolute atomic E-state index is 5.55. The normalized spacial score (nSPS) is 10.8. The van der Waals surface area contributed by atoms with Crippen molar-refractivity contribution in [1.82, 2.24) is 10.1 Å². The Bertz CT molecular complexity index is 259. The average molecular weight is 296 g/mol. The molecule has 13 heavy (non-hydrogen) atoms. The van der Waals surface area contributed by atoms with Crippen LogP contribution < -0.4 is 5.73 Å². The topological polar surface area (TPSA) is 67.7 Å². The summed E-state index contributed by atoms with van der Waals surface area (Å²) in [5.74, 6) is 0.484. The lowest BCUT2D eigenvalue weighted by molar-refractivity contribution is 0.393. The quantitative estimate of drug-likeness (QED) is 0.495. The number of halogens is 1. The van der Waals surface area contributed by atoms with Crippen molar-refractivity contribution in [2.45, 2.75) is 6.54 Å². The molecule has 0 aliphatic heterocycles. The molecule has 0 aliphatic rings. The number of aromatic nitrogens is 1. The van der Waals surface area contributed by atoms with Crippen LogP contribution in [0.4, 0.5) is 0 Å². The van der Waals surface area contributed by atoms with E-state index in [1.807, 2.05) is 7.05 Å². The molecule has 0 atom stereocenters. The minimum Gasteiger partial charge on any atom is -0.370 e. The van der Waals surface area contributed by atoms with Gasteiger partial charge in [-0.2, -0.15) is 0 Å². The molecule has 0 fully saturated rings. The highest BCUT2D eigenvalue weighted by Gasteiger charge is 2.03. The van der Waals surface area contributed by atoms with Crippen molar-refractivity contribution in [1.29, 1.82) is 0 Å². The van der Waals surface area contributed by atoms with E-state index in [1.165, 1.54) is 6.26 Å². The minimum absolute atomic E-state index is 0. The zero-order valence-corrected chi connectivity index (χ0v) is 9.93. The highest BCUT2D eigenvalue weighted by Crippen LogP contribution is 1.98. The molecule has 5 nitrogen and oxygen atoms in total. The van der Waals surface area contributed by atoms with Gasteiger partial charge in [-0.15, -0.1) is 24.0 Å². The van der Waals surface area contributed by atoms with Crippen LogP contribution in [0.5, 0.6) is 0 Å². The summed E-state index contributed by atoms with van der Waals surface area (Å²) >= 11 is 0. The first-order chi connectivity index (χ1) is 5.74. The molecule has 1 aromatic rings. The van der Waals surface area contributed by atoms with E-state index in [0.29, 0.717) is 12.5 Å². The molecule has 6 heteroatoms. The molecule has 1 rings (SSSR count). The van der Waals surface area contributed by atoms with Crippen molar-refractivity contribution in [2.75, 3.05) is 14.1 Å². The van der Waals surface area contributed by atoms with E-state index in [-0.39, 0.29) is 24.0 Å². The lowest BCUT2D eigenvalue weighted by Crippen LogP contribution is -2.33. The van der Waals surface area contributed by atoms with Crippen molar-refractivity contribution in [2.24, 2.45) is 10.7 Å². The molecule has 1 heterocycles. The first-order valence-corrected chi connectivity index (χ1v) is 3.56. The highest BCUT2D eigenvalue weighted by molar-refractivity contribution is 14.0. The predicted molar refractivity (Wildman–Crippen MR) is 60.9 cm³/mol. The van der Waals surface area contributed by atoms with Crippen molar-refractivity contribution < 1.29 is 4.52 Å². The van der Waals surface area contributed by atoms with Gasteiger partial charge < -0.3 is 15.2 Å². The largest absolute Gasteiger partial charge is 0.370 e. The van der Waals surface area contributed by atoms with Crippen molar-refractivity contribution >= 4 is 29.9 Å². The maximum Gasteiger partial charge on any atom is 0.191 e. The number of nitrogens with zero attached hydrogens (tertiary/aromatic N) is 3. The molecule has 0 bridgehead atoms. The molecule has 0 aromatic carbocycles. The van der Waals surface area contributed by atoms with E-state index in [0.717, 1.165) is 5.69 Å². The second kappa shape index (κ2) is 5.79. The van der Waals surface area contributed by atoms with E-state index in [1.54, 1.807) is 18.0 Å². The van der Waals surface area contributed by atoms with E-state index in [9.17, 15) is 0 Å². The Morgan fingerprint density at radius 1 is 1.77 bits per heavy atom. The molecule has 0 saturated heterocycles. The van der Waals surface area contributed by atoms with Crippen LogP contribution in [0.1, 0.15) is 5.69 Å². The first kappa shape index (κ1) is 12.2. The summed E-state index contributed by atoms with van der Waals surface area (Å²) in [6.07, 6.45) is 1.53. The number of hydrogen-bond donors (Lipinski definition) is 1. The van der Waals surface area contributed by atoms with Crippen molar-refractivity contribution in [3.8, 4) is 0 Å². The molecule has 0 unspecified atom stereocenters. The molecule has 0 saturated carbocycles. The number of guanidine groups is 1. The number of rotatable bonds is 2. The molecule has 0 radical (unpaired) electrons. The number of aliphatic imine (C=N–C) groups is 1. The summed E-state index contributed by atoms with van der Waals surface area (Å²) in [7, 11) is 3.49. The van der Waals surface area contributed by atoms with Gasteiger partial charge in [0.15, 0.2) is 5.96 Å². The second-order valence-electron chi connectivity index (χ2n) is 2.43. The fourth-order valence-corrected chi connectivity index (χ4v) is 0.814. The third-order valence-electron chi connectivity index (χ3n) is 1.51. The van der Waals surface area contributed by atoms with Crippen LogP contribution in [-0.4, -0.2) is 30.1 Å². The van der Waals surface area contributed by atoms with Gasteiger partial charge in [0.25, 0.3) is 0 Å². The van der Waals surface area contributed by atoms with Gasteiger partial charge in [0.05, 0.1) is 6.54 Å². The van der Waals surface area contributed by atoms with Gasteiger partial charge in [0.2, 0.25) is 0 Å². The van der Waals surface area contributed by atoms with Crippen LogP contribution in [0.2, 0.25) is 0 Å². The molecule has 0 spiro atoms. The molecule has 74 valence electrons. The Kier molecular flexibility index (Phi) is 5.44. The fraction of sp³-hybridized carbons (Fsp3) is 0.429. The Hall–Kier alpha value is -0.790. The molecule has 2 N–H and O–H groups in total. The van der Waals surface area contributed by atoms with Gasteiger partial charge in [-0.05, 0) is 0 Å². The monoisotopic (exact) mass is 296 g/mol. The summed E-state index contributed by atoms with van der Waals surface area (Å²) in [5, 5.41) is 3.75. The number of hydrogen-bond acceptors (Lipinski definition) is 3. The molecule has 0 amide bonds. The average Bonchev–Trinajstić information content (AvgIpc) is 2.55. The SMILES string of the molecule is CN=C(N)N(C)Cc1ccon1.I. The van der Waals surface area contributed by atoms with Crippen LogP contribution in [0, 0.1) is 0 Å². The van der Waals surface area contributed by atoms with E-state index < -0.39 is 0 Å². The maximum atomic E-state index is 5.55. The third kappa shape index (κ3) is 3.62. The molecule has 1 aromatic heterocycles. The van der Waals surface area contributed by atoms with Crippen molar-refractivity contribution in [3.05, 3.63) is 18.0 Å². The first-order valence-electron chi connectivity index (χ1n) is 3.56. The zero-order valence-electron chi connectivity index (χ0n) is 7.60. The van der Waals surface area contributed by atoms with E-state index in [4.69, 9.17) is 5.73 Å². The van der Waals surface area contributed by atoms with Crippen molar-refractivity contribution in [3.63, 3.8) is 0 Å². The Balaban J connectivity index is 0.00000144. The summed E-state index contributed by atoms with van der Waals surface area (Å²) < 4.78 is 4.67. The molecular weight excluding hydrogens is 283 g/mol. The van der Waals surface area contributed by atoms with Crippen LogP contribution in [0.15, 0.2) is 21.8 Å². The van der Waals surface area contributed by atoms with Gasteiger partial charge in [-0.1, -0.05) is 5.16 Å². The van der Waals surface area contributed by atoms with E-state index >= 15 is 0 Å². The van der Waals surface area contributed by atoms with E-state index in [2.05, 4.69) is 14.7 Å². The Morgan fingerprint density at radius 3 is 2.92 bits per heavy atom. The Labute approximate surface area is 94.0 Å². The van der Waals surface area contributed by atoms with Crippen LogP contribution in [0.3, 0.4) is 0 Å². The summed E-state index contributed by atoms with van der Waals surface area (Å²) in [6.45, 7) is 0.611. The van der Waals surface area contributed by atoms with Crippen LogP contribution in [-0.2, 0) is 6.54 Å². The zero-order chi connectivity index (χ0) is 8.97.